The lowest BCUT2D eigenvalue weighted by molar-refractivity contribution is 0.145. The van der Waals surface area contributed by atoms with Crippen molar-refractivity contribution in [3.63, 3.8) is 0 Å². The first-order valence-electron chi connectivity index (χ1n) is 6.57. The number of aliphatic hydroxyl groups is 1. The summed E-state index contributed by atoms with van der Waals surface area (Å²) in [4.78, 5) is 0. The van der Waals surface area contributed by atoms with Crippen molar-refractivity contribution >= 4 is 0 Å². The molecule has 2 aromatic rings. The second kappa shape index (κ2) is 6.04. The van der Waals surface area contributed by atoms with Crippen LogP contribution in [-0.2, 0) is 5.41 Å². The van der Waals surface area contributed by atoms with Crippen LogP contribution in [-0.4, -0.2) is 18.2 Å². The molecule has 1 aromatic carbocycles. The molecule has 1 aromatic heterocycles. The fraction of sp³-hybridized carbons (Fsp3) is 0.375. The number of furan rings is 1. The summed E-state index contributed by atoms with van der Waals surface area (Å²) in [6.45, 7) is 5.67. The molecule has 0 radical (unpaired) electrons. The SMILES string of the molecule is CC(C)(CNCC(O)c1ccco1)c1ccccc1. The van der Waals surface area contributed by atoms with Crippen molar-refractivity contribution in [1.82, 2.24) is 5.32 Å². The van der Waals surface area contributed by atoms with E-state index >= 15 is 0 Å². The Kier molecular flexibility index (Phi) is 4.40. The summed E-state index contributed by atoms with van der Waals surface area (Å²) in [6, 6.07) is 14.0. The average Bonchev–Trinajstić information content (AvgIpc) is 2.93. The zero-order valence-corrected chi connectivity index (χ0v) is 11.5. The second-order valence-corrected chi connectivity index (χ2v) is 5.41. The number of benzene rings is 1. The molecule has 0 aliphatic rings. The first kappa shape index (κ1) is 13.8. The average molecular weight is 259 g/mol. The highest BCUT2D eigenvalue weighted by Crippen LogP contribution is 2.22. The van der Waals surface area contributed by atoms with Gasteiger partial charge in [0, 0.05) is 18.5 Å². The molecule has 3 heteroatoms. The Labute approximate surface area is 114 Å². The van der Waals surface area contributed by atoms with Crippen LogP contribution in [0.3, 0.4) is 0 Å². The van der Waals surface area contributed by atoms with Gasteiger partial charge in [0.2, 0.25) is 0 Å². The van der Waals surface area contributed by atoms with Crippen LogP contribution in [0.5, 0.6) is 0 Å². The predicted octanol–water partition coefficient (Wildman–Crippen LogP) is 2.88. The third-order valence-electron chi connectivity index (χ3n) is 3.33. The lowest BCUT2D eigenvalue weighted by Crippen LogP contribution is -2.35. The van der Waals surface area contributed by atoms with Crippen molar-refractivity contribution in [2.75, 3.05) is 13.1 Å². The quantitative estimate of drug-likeness (QED) is 0.838. The largest absolute Gasteiger partial charge is 0.467 e. The Morgan fingerprint density at radius 2 is 1.89 bits per heavy atom. The third kappa shape index (κ3) is 3.69. The van der Waals surface area contributed by atoms with E-state index in [-0.39, 0.29) is 5.41 Å². The van der Waals surface area contributed by atoms with Crippen LogP contribution >= 0.6 is 0 Å². The Balaban J connectivity index is 1.85. The molecule has 2 rings (SSSR count). The number of nitrogens with one attached hydrogen (secondary N) is 1. The summed E-state index contributed by atoms with van der Waals surface area (Å²) in [5, 5.41) is 13.2. The van der Waals surface area contributed by atoms with E-state index in [0.29, 0.717) is 12.3 Å². The van der Waals surface area contributed by atoms with Crippen LogP contribution in [0.15, 0.2) is 53.1 Å². The van der Waals surface area contributed by atoms with Gasteiger partial charge in [0.1, 0.15) is 11.9 Å². The molecule has 1 atom stereocenters. The standard InChI is InChI=1S/C16H21NO2/c1-16(2,13-7-4-3-5-8-13)12-17-11-14(18)15-9-6-10-19-15/h3-10,14,17-18H,11-12H2,1-2H3. The van der Waals surface area contributed by atoms with Gasteiger partial charge >= 0.3 is 0 Å². The van der Waals surface area contributed by atoms with Crippen molar-refractivity contribution in [3.8, 4) is 0 Å². The maximum absolute atomic E-state index is 9.92. The minimum atomic E-state index is -0.596. The van der Waals surface area contributed by atoms with E-state index in [1.165, 1.54) is 5.56 Å². The number of rotatable bonds is 6. The van der Waals surface area contributed by atoms with Crippen LogP contribution in [0, 0.1) is 0 Å². The molecule has 0 saturated heterocycles. The highest BCUT2D eigenvalue weighted by molar-refractivity contribution is 5.23. The van der Waals surface area contributed by atoms with Crippen LogP contribution < -0.4 is 5.32 Å². The summed E-state index contributed by atoms with van der Waals surface area (Å²) in [7, 11) is 0. The minimum absolute atomic E-state index is 0.0319. The molecule has 1 heterocycles. The van der Waals surface area contributed by atoms with Gasteiger partial charge in [-0.2, -0.15) is 0 Å². The highest BCUT2D eigenvalue weighted by Gasteiger charge is 2.20. The minimum Gasteiger partial charge on any atom is -0.467 e. The Morgan fingerprint density at radius 3 is 2.53 bits per heavy atom. The lowest BCUT2D eigenvalue weighted by atomic mass is 9.84. The molecule has 1 unspecified atom stereocenters. The Hall–Kier alpha value is -1.58. The highest BCUT2D eigenvalue weighted by atomic mass is 16.4. The maximum Gasteiger partial charge on any atom is 0.133 e. The predicted molar refractivity (Wildman–Crippen MR) is 76.0 cm³/mol. The van der Waals surface area contributed by atoms with Crippen LogP contribution in [0.4, 0.5) is 0 Å². The van der Waals surface area contributed by atoms with Gasteiger partial charge in [0.25, 0.3) is 0 Å². The lowest BCUT2D eigenvalue weighted by Gasteiger charge is -2.26. The topological polar surface area (TPSA) is 45.4 Å². The first-order valence-corrected chi connectivity index (χ1v) is 6.57. The normalized spacial score (nSPS) is 13.4. The van der Waals surface area contributed by atoms with Crippen molar-refractivity contribution in [3.05, 3.63) is 60.1 Å². The molecular weight excluding hydrogens is 238 g/mol. The van der Waals surface area contributed by atoms with Crippen LogP contribution in [0.2, 0.25) is 0 Å². The van der Waals surface area contributed by atoms with Gasteiger partial charge in [-0.25, -0.2) is 0 Å². The molecule has 0 aliphatic heterocycles. The summed E-state index contributed by atoms with van der Waals surface area (Å²) >= 11 is 0. The van der Waals surface area contributed by atoms with E-state index in [1.807, 2.05) is 6.07 Å². The molecule has 0 fully saturated rings. The van der Waals surface area contributed by atoms with Crippen molar-refractivity contribution < 1.29 is 9.52 Å². The van der Waals surface area contributed by atoms with Gasteiger partial charge in [0.15, 0.2) is 0 Å². The Bertz CT molecular complexity index is 477. The fourth-order valence-corrected chi connectivity index (χ4v) is 2.09. The summed E-state index contributed by atoms with van der Waals surface area (Å²) in [5.74, 6) is 0.602. The van der Waals surface area contributed by atoms with E-state index in [2.05, 4.69) is 43.4 Å². The number of hydrogen-bond donors (Lipinski definition) is 2. The van der Waals surface area contributed by atoms with E-state index in [1.54, 1.807) is 18.4 Å². The van der Waals surface area contributed by atoms with Crippen LogP contribution in [0.1, 0.15) is 31.3 Å². The molecule has 19 heavy (non-hydrogen) atoms. The van der Waals surface area contributed by atoms with Gasteiger partial charge in [-0.1, -0.05) is 44.2 Å². The van der Waals surface area contributed by atoms with E-state index < -0.39 is 6.10 Å². The molecule has 102 valence electrons. The first-order chi connectivity index (χ1) is 9.09. The van der Waals surface area contributed by atoms with E-state index in [9.17, 15) is 5.11 Å². The summed E-state index contributed by atoms with van der Waals surface area (Å²) in [6.07, 6.45) is 0.980. The molecular formula is C16H21NO2. The fourth-order valence-electron chi connectivity index (χ4n) is 2.09. The van der Waals surface area contributed by atoms with Gasteiger partial charge in [-0.15, -0.1) is 0 Å². The van der Waals surface area contributed by atoms with Crippen molar-refractivity contribution in [2.45, 2.75) is 25.4 Å². The smallest absolute Gasteiger partial charge is 0.133 e. The molecule has 3 nitrogen and oxygen atoms in total. The number of hydrogen-bond acceptors (Lipinski definition) is 3. The number of aliphatic hydroxyl groups excluding tert-OH is 1. The molecule has 2 N–H and O–H groups in total. The molecule has 0 spiro atoms. The summed E-state index contributed by atoms with van der Waals surface area (Å²) in [5.41, 5.74) is 1.32. The van der Waals surface area contributed by atoms with Crippen LogP contribution in [0.25, 0.3) is 0 Å². The van der Waals surface area contributed by atoms with Gasteiger partial charge in [-0.3, -0.25) is 0 Å². The van der Waals surface area contributed by atoms with Gasteiger partial charge in [-0.05, 0) is 17.7 Å². The Morgan fingerprint density at radius 1 is 1.16 bits per heavy atom. The zero-order valence-electron chi connectivity index (χ0n) is 11.5. The van der Waals surface area contributed by atoms with E-state index in [4.69, 9.17) is 4.42 Å². The zero-order chi connectivity index (χ0) is 13.7. The molecule has 0 saturated carbocycles. The molecule has 0 bridgehead atoms. The second-order valence-electron chi connectivity index (χ2n) is 5.41. The van der Waals surface area contributed by atoms with Crippen molar-refractivity contribution in [1.29, 1.82) is 0 Å². The molecule has 0 amide bonds. The van der Waals surface area contributed by atoms with E-state index in [0.717, 1.165) is 6.54 Å². The van der Waals surface area contributed by atoms with Crippen molar-refractivity contribution in [2.24, 2.45) is 0 Å². The third-order valence-corrected chi connectivity index (χ3v) is 3.33. The van der Waals surface area contributed by atoms with Gasteiger partial charge < -0.3 is 14.8 Å². The summed E-state index contributed by atoms with van der Waals surface area (Å²) < 4.78 is 5.17. The van der Waals surface area contributed by atoms with Gasteiger partial charge in [0.05, 0.1) is 6.26 Å². The maximum atomic E-state index is 9.92. The molecule has 0 aliphatic carbocycles. The monoisotopic (exact) mass is 259 g/mol.